The van der Waals surface area contributed by atoms with Gasteiger partial charge < -0.3 is 10.2 Å². The zero-order valence-electron chi connectivity index (χ0n) is 8.91. The highest BCUT2D eigenvalue weighted by atomic mass is 16.2. The van der Waals surface area contributed by atoms with Gasteiger partial charge in [0.1, 0.15) is 0 Å². The summed E-state index contributed by atoms with van der Waals surface area (Å²) in [4.78, 5) is 15.8. The fourth-order valence-corrected chi connectivity index (χ4v) is 2.07. The molecule has 0 aromatic heterocycles. The summed E-state index contributed by atoms with van der Waals surface area (Å²) in [6.07, 6.45) is 5.37. The lowest BCUT2D eigenvalue weighted by Crippen LogP contribution is -2.62. The van der Waals surface area contributed by atoms with Crippen LogP contribution in [0.1, 0.15) is 6.42 Å². The smallest absolute Gasteiger partial charge is 0.234 e. The molecule has 2 fully saturated rings. The predicted molar refractivity (Wildman–Crippen MR) is 58.3 cm³/mol. The predicted octanol–water partition coefficient (Wildman–Crippen LogP) is -0.874. The van der Waals surface area contributed by atoms with E-state index < -0.39 is 0 Å². The number of carbonyl (C=O) groups excluding carboxylic acids is 1. The zero-order chi connectivity index (χ0) is 10.7. The van der Waals surface area contributed by atoms with E-state index in [0.29, 0.717) is 6.04 Å². The Balaban J connectivity index is 1.76. The summed E-state index contributed by atoms with van der Waals surface area (Å²) in [5.41, 5.74) is 0. The van der Waals surface area contributed by atoms with Gasteiger partial charge in [-0.15, -0.1) is 6.42 Å². The molecule has 2 aliphatic heterocycles. The second-order valence-electron chi connectivity index (χ2n) is 4.11. The van der Waals surface area contributed by atoms with E-state index in [1.165, 1.54) is 0 Å². The van der Waals surface area contributed by atoms with Gasteiger partial charge in [0.05, 0.1) is 6.42 Å². The van der Waals surface area contributed by atoms with Gasteiger partial charge in [-0.3, -0.25) is 9.69 Å². The lowest BCUT2D eigenvalue weighted by atomic mass is 10.1. The topological polar surface area (TPSA) is 35.6 Å². The molecule has 2 saturated heterocycles. The van der Waals surface area contributed by atoms with Crippen molar-refractivity contribution in [3.63, 3.8) is 0 Å². The van der Waals surface area contributed by atoms with Crippen molar-refractivity contribution in [1.82, 2.24) is 15.1 Å². The molecule has 0 aliphatic carbocycles. The first-order chi connectivity index (χ1) is 7.31. The van der Waals surface area contributed by atoms with Crippen molar-refractivity contribution in [3.05, 3.63) is 0 Å². The summed E-state index contributed by atoms with van der Waals surface area (Å²) < 4.78 is 0. The van der Waals surface area contributed by atoms with Gasteiger partial charge >= 0.3 is 0 Å². The first kappa shape index (κ1) is 10.5. The highest BCUT2D eigenvalue weighted by molar-refractivity contribution is 5.78. The zero-order valence-corrected chi connectivity index (χ0v) is 8.91. The lowest BCUT2D eigenvalue weighted by Gasteiger charge is -2.43. The van der Waals surface area contributed by atoms with Crippen molar-refractivity contribution in [2.24, 2.45) is 0 Å². The van der Waals surface area contributed by atoms with Crippen LogP contribution in [-0.2, 0) is 4.79 Å². The Labute approximate surface area is 90.6 Å². The van der Waals surface area contributed by atoms with Crippen LogP contribution in [0.25, 0.3) is 0 Å². The number of nitrogens with one attached hydrogen (secondary N) is 1. The SMILES string of the molecule is C#CCC(=O)N1CCN(C2CNC2)CC1. The van der Waals surface area contributed by atoms with E-state index in [1.807, 2.05) is 4.90 Å². The molecular formula is C11H17N3O. The summed E-state index contributed by atoms with van der Waals surface area (Å²) in [5.74, 6) is 2.51. The van der Waals surface area contributed by atoms with E-state index in [9.17, 15) is 4.79 Å². The molecule has 0 unspecified atom stereocenters. The molecule has 15 heavy (non-hydrogen) atoms. The number of hydrogen-bond acceptors (Lipinski definition) is 3. The standard InChI is InChI=1S/C11H17N3O/c1-2-3-11(15)14-6-4-13(5-7-14)10-8-12-9-10/h1,10,12H,3-9H2. The monoisotopic (exact) mass is 207 g/mol. The molecule has 2 aliphatic rings. The van der Waals surface area contributed by atoms with E-state index in [1.54, 1.807) is 0 Å². The van der Waals surface area contributed by atoms with E-state index in [-0.39, 0.29) is 12.3 Å². The van der Waals surface area contributed by atoms with Gasteiger partial charge in [-0.05, 0) is 0 Å². The fourth-order valence-electron chi connectivity index (χ4n) is 2.07. The Morgan fingerprint density at radius 2 is 2.00 bits per heavy atom. The molecule has 1 amide bonds. The number of nitrogens with zero attached hydrogens (tertiary/aromatic N) is 2. The Kier molecular flexibility index (Phi) is 3.24. The molecule has 4 heteroatoms. The third-order valence-electron chi connectivity index (χ3n) is 3.20. The van der Waals surface area contributed by atoms with Crippen LogP contribution in [0.15, 0.2) is 0 Å². The van der Waals surface area contributed by atoms with Crippen LogP contribution in [-0.4, -0.2) is 61.0 Å². The summed E-state index contributed by atoms with van der Waals surface area (Å²) in [7, 11) is 0. The Hall–Kier alpha value is -1.05. The number of piperazine rings is 1. The van der Waals surface area contributed by atoms with Crippen molar-refractivity contribution >= 4 is 5.91 Å². The molecule has 0 aromatic carbocycles. The number of carbonyl (C=O) groups is 1. The number of terminal acetylenes is 1. The van der Waals surface area contributed by atoms with Crippen molar-refractivity contribution in [2.75, 3.05) is 39.3 Å². The summed E-state index contributed by atoms with van der Waals surface area (Å²) in [6, 6.07) is 0.690. The van der Waals surface area contributed by atoms with Gasteiger partial charge in [-0.2, -0.15) is 0 Å². The van der Waals surface area contributed by atoms with E-state index >= 15 is 0 Å². The van der Waals surface area contributed by atoms with Crippen LogP contribution in [0.3, 0.4) is 0 Å². The van der Waals surface area contributed by atoms with Gasteiger partial charge in [-0.1, -0.05) is 5.92 Å². The molecular weight excluding hydrogens is 190 g/mol. The van der Waals surface area contributed by atoms with Gasteiger partial charge in [0.2, 0.25) is 5.91 Å². The highest BCUT2D eigenvalue weighted by Gasteiger charge is 2.28. The number of hydrogen-bond donors (Lipinski definition) is 1. The Morgan fingerprint density at radius 3 is 2.47 bits per heavy atom. The molecule has 82 valence electrons. The highest BCUT2D eigenvalue weighted by Crippen LogP contribution is 2.10. The van der Waals surface area contributed by atoms with Crippen LogP contribution >= 0.6 is 0 Å². The van der Waals surface area contributed by atoms with Gasteiger partial charge in [0.25, 0.3) is 0 Å². The molecule has 0 spiro atoms. The van der Waals surface area contributed by atoms with Crippen molar-refractivity contribution in [2.45, 2.75) is 12.5 Å². The van der Waals surface area contributed by atoms with Crippen molar-refractivity contribution < 1.29 is 4.79 Å². The Morgan fingerprint density at radius 1 is 1.33 bits per heavy atom. The van der Waals surface area contributed by atoms with Crippen LogP contribution in [0, 0.1) is 12.3 Å². The average Bonchev–Trinajstić information content (AvgIpc) is 2.16. The minimum absolute atomic E-state index is 0.101. The van der Waals surface area contributed by atoms with Crippen molar-refractivity contribution in [3.8, 4) is 12.3 Å². The molecule has 2 rings (SSSR count). The summed E-state index contributed by atoms with van der Waals surface area (Å²) in [5, 5.41) is 3.26. The van der Waals surface area contributed by atoms with Crippen LogP contribution in [0.4, 0.5) is 0 Å². The second-order valence-corrected chi connectivity index (χ2v) is 4.11. The van der Waals surface area contributed by atoms with E-state index in [0.717, 1.165) is 39.3 Å². The second kappa shape index (κ2) is 4.65. The maximum atomic E-state index is 11.5. The van der Waals surface area contributed by atoms with Crippen molar-refractivity contribution in [1.29, 1.82) is 0 Å². The largest absolute Gasteiger partial charge is 0.339 e. The quantitative estimate of drug-likeness (QED) is 0.598. The molecule has 0 bridgehead atoms. The third kappa shape index (κ3) is 2.31. The molecule has 0 aromatic rings. The van der Waals surface area contributed by atoms with Crippen LogP contribution in [0.5, 0.6) is 0 Å². The van der Waals surface area contributed by atoms with Gasteiger partial charge in [-0.25, -0.2) is 0 Å². The maximum absolute atomic E-state index is 11.5. The van der Waals surface area contributed by atoms with E-state index in [4.69, 9.17) is 6.42 Å². The molecule has 0 saturated carbocycles. The number of rotatable bonds is 2. The maximum Gasteiger partial charge on any atom is 0.234 e. The summed E-state index contributed by atoms with van der Waals surface area (Å²) in [6.45, 7) is 5.83. The molecule has 4 nitrogen and oxygen atoms in total. The van der Waals surface area contributed by atoms with Gasteiger partial charge in [0, 0.05) is 45.3 Å². The Bertz CT molecular complexity index is 272. The van der Waals surface area contributed by atoms with E-state index in [2.05, 4.69) is 16.1 Å². The fraction of sp³-hybridized carbons (Fsp3) is 0.727. The minimum Gasteiger partial charge on any atom is -0.339 e. The first-order valence-corrected chi connectivity index (χ1v) is 5.47. The average molecular weight is 207 g/mol. The normalized spacial score (nSPS) is 23.3. The van der Waals surface area contributed by atoms with Gasteiger partial charge in [0.15, 0.2) is 0 Å². The third-order valence-corrected chi connectivity index (χ3v) is 3.20. The lowest BCUT2D eigenvalue weighted by molar-refractivity contribution is -0.132. The van der Waals surface area contributed by atoms with Crippen LogP contribution < -0.4 is 5.32 Å². The molecule has 0 atom stereocenters. The molecule has 1 N–H and O–H groups in total. The molecule has 2 heterocycles. The summed E-state index contributed by atoms with van der Waals surface area (Å²) >= 11 is 0. The minimum atomic E-state index is 0.101. The first-order valence-electron chi connectivity index (χ1n) is 5.47. The van der Waals surface area contributed by atoms with Crippen LogP contribution in [0.2, 0.25) is 0 Å². The molecule has 0 radical (unpaired) electrons. The number of amides is 1.